The minimum atomic E-state index is -0.315. The van der Waals surface area contributed by atoms with Gasteiger partial charge < -0.3 is 20.8 Å². The average molecular weight is 479 g/mol. The molecule has 0 aliphatic carbocycles. The Kier molecular flexibility index (Phi) is 8.11. The van der Waals surface area contributed by atoms with Gasteiger partial charge in [0.15, 0.2) is 0 Å². The Hall–Kier alpha value is -2.87. The van der Waals surface area contributed by atoms with Crippen LogP contribution in [0.3, 0.4) is 0 Å². The number of nitrogens with zero attached hydrogens (tertiary/aromatic N) is 3. The van der Waals surface area contributed by atoms with Crippen molar-refractivity contribution in [3.05, 3.63) is 59.4 Å². The SMILES string of the molecule is CC(C)c1cc(C(=O)n2cc3ccc(CN4CCN(CCCCCN)CC4)cc3c2)c(O)cc1O. The molecule has 2 heterocycles. The summed E-state index contributed by atoms with van der Waals surface area (Å²) in [4.78, 5) is 18.2. The Bertz CT molecular complexity index is 1160. The third-order valence-electron chi connectivity index (χ3n) is 6.99. The van der Waals surface area contributed by atoms with E-state index in [2.05, 4.69) is 28.0 Å². The summed E-state index contributed by atoms with van der Waals surface area (Å²) in [5.74, 6) is -0.492. The quantitative estimate of drug-likeness (QED) is 0.401. The Morgan fingerprint density at radius 2 is 1.63 bits per heavy atom. The van der Waals surface area contributed by atoms with E-state index in [1.165, 1.54) is 29.0 Å². The molecular weight excluding hydrogens is 440 g/mol. The van der Waals surface area contributed by atoms with Crippen LogP contribution in [0.25, 0.3) is 10.8 Å². The average Bonchev–Trinajstić information content (AvgIpc) is 3.26. The minimum absolute atomic E-state index is 0.00351. The van der Waals surface area contributed by atoms with Crippen LogP contribution in [0.5, 0.6) is 11.5 Å². The smallest absolute Gasteiger partial charge is 0.265 e. The molecule has 1 aliphatic heterocycles. The largest absolute Gasteiger partial charge is 0.508 e. The highest BCUT2D eigenvalue weighted by Crippen LogP contribution is 2.33. The van der Waals surface area contributed by atoms with E-state index in [1.54, 1.807) is 12.3 Å². The normalized spacial score (nSPS) is 15.3. The second kappa shape index (κ2) is 11.2. The van der Waals surface area contributed by atoms with Crippen molar-refractivity contribution in [3.8, 4) is 11.5 Å². The molecule has 1 saturated heterocycles. The molecule has 4 N–H and O–H groups in total. The second-order valence-corrected chi connectivity index (χ2v) is 9.98. The first-order valence-electron chi connectivity index (χ1n) is 12.7. The maximum absolute atomic E-state index is 13.2. The number of unbranched alkanes of at least 4 members (excludes halogenated alkanes) is 2. The Labute approximate surface area is 207 Å². The van der Waals surface area contributed by atoms with Crippen LogP contribution in [0.1, 0.15) is 60.5 Å². The predicted molar refractivity (Wildman–Crippen MR) is 140 cm³/mol. The highest BCUT2D eigenvalue weighted by molar-refractivity contribution is 6.01. The maximum Gasteiger partial charge on any atom is 0.265 e. The Morgan fingerprint density at radius 1 is 0.914 bits per heavy atom. The van der Waals surface area contributed by atoms with Gasteiger partial charge in [-0.1, -0.05) is 32.4 Å². The van der Waals surface area contributed by atoms with E-state index in [-0.39, 0.29) is 28.9 Å². The van der Waals surface area contributed by atoms with E-state index in [9.17, 15) is 15.0 Å². The highest BCUT2D eigenvalue weighted by Gasteiger charge is 2.20. The summed E-state index contributed by atoms with van der Waals surface area (Å²) >= 11 is 0. The summed E-state index contributed by atoms with van der Waals surface area (Å²) < 4.78 is 1.52. The van der Waals surface area contributed by atoms with Crippen LogP contribution in [0, 0.1) is 0 Å². The fraction of sp³-hybridized carbons (Fsp3) is 0.464. The molecule has 1 fully saturated rings. The van der Waals surface area contributed by atoms with Crippen molar-refractivity contribution in [2.75, 3.05) is 39.3 Å². The number of aromatic hydroxyl groups is 2. The Balaban J connectivity index is 1.41. The molecule has 188 valence electrons. The molecule has 0 amide bonds. The molecule has 0 radical (unpaired) electrons. The van der Waals surface area contributed by atoms with Crippen LogP contribution in [0.2, 0.25) is 0 Å². The van der Waals surface area contributed by atoms with E-state index in [0.717, 1.165) is 63.0 Å². The zero-order valence-corrected chi connectivity index (χ0v) is 20.9. The van der Waals surface area contributed by atoms with Crippen molar-refractivity contribution in [2.24, 2.45) is 5.73 Å². The molecular formula is C28H38N4O3. The lowest BCUT2D eigenvalue weighted by Gasteiger charge is -2.34. The molecule has 0 atom stereocenters. The number of hydrogen-bond donors (Lipinski definition) is 3. The minimum Gasteiger partial charge on any atom is -0.508 e. The third kappa shape index (κ3) is 6.04. The van der Waals surface area contributed by atoms with E-state index < -0.39 is 0 Å². The number of carbonyl (C=O) groups is 1. The van der Waals surface area contributed by atoms with Gasteiger partial charge in [-0.25, -0.2) is 0 Å². The van der Waals surface area contributed by atoms with Gasteiger partial charge in [0, 0.05) is 56.6 Å². The summed E-state index contributed by atoms with van der Waals surface area (Å²) in [6, 6.07) is 9.17. The number of nitrogens with two attached hydrogens (primary N) is 1. The van der Waals surface area contributed by atoms with Gasteiger partial charge in [0.25, 0.3) is 5.91 Å². The van der Waals surface area contributed by atoms with E-state index in [0.29, 0.717) is 5.56 Å². The molecule has 4 rings (SSSR count). The third-order valence-corrected chi connectivity index (χ3v) is 6.99. The summed E-state index contributed by atoms with van der Waals surface area (Å²) in [7, 11) is 0. The number of aromatic nitrogens is 1. The first-order chi connectivity index (χ1) is 16.9. The van der Waals surface area contributed by atoms with Crippen molar-refractivity contribution in [1.82, 2.24) is 14.4 Å². The van der Waals surface area contributed by atoms with Crippen LogP contribution in [-0.2, 0) is 6.54 Å². The fourth-order valence-electron chi connectivity index (χ4n) is 4.86. The van der Waals surface area contributed by atoms with Gasteiger partial charge in [0.05, 0.1) is 5.56 Å². The first kappa shape index (κ1) is 25.2. The van der Waals surface area contributed by atoms with Crippen molar-refractivity contribution in [2.45, 2.75) is 45.6 Å². The molecule has 7 nitrogen and oxygen atoms in total. The van der Waals surface area contributed by atoms with Crippen molar-refractivity contribution in [1.29, 1.82) is 0 Å². The molecule has 2 aromatic carbocycles. The molecule has 3 aromatic rings. The lowest BCUT2D eigenvalue weighted by Crippen LogP contribution is -2.46. The number of phenols is 2. The first-order valence-corrected chi connectivity index (χ1v) is 12.7. The molecule has 0 unspecified atom stereocenters. The molecule has 1 aliphatic rings. The molecule has 35 heavy (non-hydrogen) atoms. The number of benzene rings is 2. The fourth-order valence-corrected chi connectivity index (χ4v) is 4.86. The number of fused-ring (bicyclic) bond motifs is 1. The van der Waals surface area contributed by atoms with E-state index in [1.807, 2.05) is 20.0 Å². The number of piperazine rings is 1. The maximum atomic E-state index is 13.2. The molecule has 1 aromatic heterocycles. The number of phenolic OH excluding ortho intramolecular Hbond substituents is 2. The van der Waals surface area contributed by atoms with Crippen LogP contribution in [0.15, 0.2) is 42.7 Å². The summed E-state index contributed by atoms with van der Waals surface area (Å²) in [6.45, 7) is 11.1. The van der Waals surface area contributed by atoms with E-state index in [4.69, 9.17) is 5.73 Å². The Morgan fingerprint density at radius 3 is 2.34 bits per heavy atom. The zero-order chi connectivity index (χ0) is 24.9. The lowest BCUT2D eigenvalue weighted by molar-refractivity contribution is 0.0958. The second-order valence-electron chi connectivity index (χ2n) is 9.98. The van der Waals surface area contributed by atoms with Gasteiger partial charge in [-0.15, -0.1) is 0 Å². The summed E-state index contributed by atoms with van der Waals surface area (Å²) in [5, 5.41) is 22.4. The molecule has 0 saturated carbocycles. The van der Waals surface area contributed by atoms with Crippen LogP contribution < -0.4 is 5.73 Å². The number of rotatable bonds is 9. The van der Waals surface area contributed by atoms with Crippen molar-refractivity contribution < 1.29 is 15.0 Å². The summed E-state index contributed by atoms with van der Waals surface area (Å²) in [5.41, 5.74) is 7.64. The van der Waals surface area contributed by atoms with Crippen molar-refractivity contribution >= 4 is 16.7 Å². The van der Waals surface area contributed by atoms with Gasteiger partial charge >= 0.3 is 0 Å². The predicted octanol–water partition coefficient (Wildman–Crippen LogP) is 4.11. The van der Waals surface area contributed by atoms with Gasteiger partial charge in [-0.2, -0.15) is 0 Å². The van der Waals surface area contributed by atoms with Crippen LogP contribution in [-0.4, -0.2) is 69.8 Å². The molecule has 0 spiro atoms. The monoisotopic (exact) mass is 478 g/mol. The van der Waals surface area contributed by atoms with E-state index >= 15 is 0 Å². The van der Waals surface area contributed by atoms with Crippen LogP contribution in [0.4, 0.5) is 0 Å². The van der Waals surface area contributed by atoms with Gasteiger partial charge in [0.2, 0.25) is 0 Å². The molecule has 0 bridgehead atoms. The van der Waals surface area contributed by atoms with Gasteiger partial charge in [0.1, 0.15) is 11.5 Å². The topological polar surface area (TPSA) is 95.0 Å². The van der Waals surface area contributed by atoms with Crippen molar-refractivity contribution in [3.63, 3.8) is 0 Å². The standard InChI is InChI=1S/C28H38N4O3/c1-20(2)24-15-25(27(34)16-26(24)33)28(35)32-18-22-7-6-21(14-23(22)19-32)17-31-12-10-30(11-13-31)9-5-3-4-8-29/h6-7,14-16,18-20,33-34H,3-5,8-13,17,29H2,1-2H3. The van der Waals surface area contributed by atoms with Gasteiger partial charge in [-0.3, -0.25) is 14.3 Å². The number of hydrogen-bond acceptors (Lipinski definition) is 6. The summed E-state index contributed by atoms with van der Waals surface area (Å²) in [6.07, 6.45) is 7.17. The zero-order valence-electron chi connectivity index (χ0n) is 20.9. The number of carbonyl (C=O) groups excluding carboxylic acids is 1. The highest BCUT2D eigenvalue weighted by atomic mass is 16.3. The van der Waals surface area contributed by atoms with Crippen LogP contribution >= 0.6 is 0 Å². The van der Waals surface area contributed by atoms with Gasteiger partial charge in [-0.05, 0) is 60.5 Å². The molecule has 7 heteroatoms. The lowest BCUT2D eigenvalue weighted by atomic mass is 9.98.